The van der Waals surface area contributed by atoms with Gasteiger partial charge in [-0.15, -0.1) is 0 Å². The zero-order valence-corrected chi connectivity index (χ0v) is 21.3. The van der Waals surface area contributed by atoms with Gasteiger partial charge in [-0.05, 0) is 47.2 Å². The van der Waals surface area contributed by atoms with E-state index in [2.05, 4.69) is 32.2 Å². The molecule has 3 rings (SSSR count). The number of carbonyl (C=O) groups is 2. The molecule has 0 bridgehead atoms. The third kappa shape index (κ3) is 5.79. The molecule has 9 heteroatoms. The Morgan fingerprint density at radius 2 is 1.86 bits per heavy atom. The van der Waals surface area contributed by atoms with Crippen molar-refractivity contribution in [1.82, 2.24) is 5.32 Å². The van der Waals surface area contributed by atoms with Crippen molar-refractivity contribution in [2.75, 3.05) is 6.61 Å². The first-order valence-corrected chi connectivity index (χ1v) is 12.0. The molecule has 4 N–H and O–H groups in total. The minimum atomic E-state index is -1.63. The number of hydrogen-bond acceptors (Lipinski definition) is 6. The van der Waals surface area contributed by atoms with E-state index in [0.717, 1.165) is 0 Å². The van der Waals surface area contributed by atoms with E-state index in [1.165, 1.54) is 0 Å². The predicted octanol–water partition coefficient (Wildman–Crippen LogP) is 3.70. The van der Waals surface area contributed by atoms with Crippen LogP contribution in [0.25, 0.3) is 0 Å². The molecule has 0 saturated carbocycles. The van der Waals surface area contributed by atoms with Crippen LogP contribution in [0.4, 0.5) is 0 Å². The van der Waals surface area contributed by atoms with Crippen molar-refractivity contribution >= 4 is 35.1 Å². The molecule has 0 aliphatic carbocycles. The van der Waals surface area contributed by atoms with Crippen molar-refractivity contribution < 1.29 is 19.4 Å². The second-order valence-corrected chi connectivity index (χ2v) is 10.9. The molecular formula is C26H29Cl2N3O4. The highest BCUT2D eigenvalue weighted by Crippen LogP contribution is 2.51. The predicted molar refractivity (Wildman–Crippen MR) is 134 cm³/mol. The fourth-order valence-electron chi connectivity index (χ4n) is 4.77. The summed E-state index contributed by atoms with van der Waals surface area (Å²) in [6.45, 7) is 5.59. The Kier molecular flexibility index (Phi) is 8.13. The van der Waals surface area contributed by atoms with Crippen molar-refractivity contribution in [2.24, 2.45) is 11.1 Å². The van der Waals surface area contributed by atoms with Crippen LogP contribution in [0, 0.1) is 16.7 Å². The van der Waals surface area contributed by atoms with Gasteiger partial charge in [0.25, 0.3) is 0 Å². The Labute approximate surface area is 215 Å². The monoisotopic (exact) mass is 517 g/mol. The molecule has 35 heavy (non-hydrogen) atoms. The third-order valence-electron chi connectivity index (χ3n) is 6.25. The van der Waals surface area contributed by atoms with Gasteiger partial charge in [-0.2, -0.15) is 5.26 Å². The van der Waals surface area contributed by atoms with E-state index < -0.39 is 48.0 Å². The Morgan fingerprint density at radius 1 is 1.20 bits per heavy atom. The van der Waals surface area contributed by atoms with E-state index in [1.54, 1.807) is 42.5 Å². The molecule has 2 aromatic rings. The number of aliphatic hydroxyl groups is 1. The SMILES string of the molecule is CC(C)(C)C[C@H]1N[C@H](C(=O)OC[C@H](O)C(N)=O)[C@@H](c2cccc(Cl)c2)[C@]1(C#N)c1ccc(Cl)cc1. The summed E-state index contributed by atoms with van der Waals surface area (Å²) in [5.74, 6) is -2.40. The fraction of sp³-hybridized carbons (Fsp3) is 0.423. The molecule has 0 unspecified atom stereocenters. The molecule has 1 saturated heterocycles. The highest BCUT2D eigenvalue weighted by molar-refractivity contribution is 6.30. The number of carbonyl (C=O) groups excluding carboxylic acids is 2. The second-order valence-electron chi connectivity index (χ2n) is 10.0. The largest absolute Gasteiger partial charge is 0.461 e. The van der Waals surface area contributed by atoms with Crippen LogP contribution in [0.1, 0.15) is 44.2 Å². The molecule has 7 nitrogen and oxygen atoms in total. The summed E-state index contributed by atoms with van der Waals surface area (Å²) in [6, 6.07) is 15.2. The maximum absolute atomic E-state index is 13.3. The number of benzene rings is 2. The summed E-state index contributed by atoms with van der Waals surface area (Å²) in [5.41, 5.74) is 5.09. The van der Waals surface area contributed by atoms with E-state index in [4.69, 9.17) is 33.7 Å². The molecule has 186 valence electrons. The van der Waals surface area contributed by atoms with Crippen molar-refractivity contribution in [2.45, 2.75) is 56.7 Å². The van der Waals surface area contributed by atoms with Gasteiger partial charge in [-0.25, -0.2) is 0 Å². The standard InChI is InChI=1S/C26H29Cl2N3O4/c1-25(2,3)12-20-26(14-29,16-7-9-17(27)10-8-16)21(15-5-4-6-18(28)11-15)22(31-20)24(34)35-13-19(32)23(30)33/h4-11,19-22,31-32H,12-13H2,1-3H3,(H2,30,33)/t19-,20+,21+,22-,26+/m0/s1. The molecule has 1 amide bonds. The number of esters is 1. The van der Waals surface area contributed by atoms with E-state index in [1.807, 2.05) is 6.07 Å². The van der Waals surface area contributed by atoms with Gasteiger partial charge in [0, 0.05) is 22.0 Å². The maximum atomic E-state index is 13.3. The quantitative estimate of drug-likeness (QED) is 0.480. The van der Waals surface area contributed by atoms with Gasteiger partial charge in [-0.3, -0.25) is 14.9 Å². The van der Waals surface area contributed by atoms with Crippen LogP contribution in [-0.4, -0.2) is 41.8 Å². The van der Waals surface area contributed by atoms with Gasteiger partial charge < -0.3 is 15.6 Å². The molecule has 0 radical (unpaired) electrons. The van der Waals surface area contributed by atoms with E-state index in [-0.39, 0.29) is 5.41 Å². The molecule has 1 heterocycles. The molecule has 0 spiro atoms. The normalized spacial score (nSPS) is 25.0. The number of ether oxygens (including phenoxy) is 1. The average Bonchev–Trinajstić information content (AvgIpc) is 3.10. The molecule has 5 atom stereocenters. The minimum absolute atomic E-state index is 0.188. The first kappa shape index (κ1) is 27.0. The number of aliphatic hydroxyl groups excluding tert-OH is 1. The summed E-state index contributed by atoms with van der Waals surface area (Å²) >= 11 is 12.5. The number of rotatable bonds is 7. The Morgan fingerprint density at radius 3 is 2.40 bits per heavy atom. The van der Waals surface area contributed by atoms with Gasteiger partial charge in [0.05, 0.1) is 6.07 Å². The molecule has 1 aliphatic rings. The number of nitrogens with one attached hydrogen (secondary N) is 1. The van der Waals surface area contributed by atoms with Crippen molar-refractivity contribution in [1.29, 1.82) is 5.26 Å². The molecular weight excluding hydrogens is 489 g/mol. The molecule has 1 aliphatic heterocycles. The van der Waals surface area contributed by atoms with Gasteiger partial charge >= 0.3 is 5.97 Å². The van der Waals surface area contributed by atoms with Gasteiger partial charge in [-0.1, -0.05) is 68.2 Å². The topological polar surface area (TPSA) is 125 Å². The summed E-state index contributed by atoms with van der Waals surface area (Å²) in [7, 11) is 0. The number of primary amides is 1. The van der Waals surface area contributed by atoms with Gasteiger partial charge in [0.2, 0.25) is 5.91 Å². The van der Waals surface area contributed by atoms with Crippen LogP contribution in [-0.2, 0) is 19.7 Å². The first-order valence-electron chi connectivity index (χ1n) is 11.2. The molecule has 2 aromatic carbocycles. The third-order valence-corrected chi connectivity index (χ3v) is 6.74. The molecule has 1 fully saturated rings. The van der Waals surface area contributed by atoms with Crippen molar-refractivity contribution in [3.8, 4) is 6.07 Å². The van der Waals surface area contributed by atoms with Crippen LogP contribution >= 0.6 is 23.2 Å². The lowest BCUT2D eigenvalue weighted by Gasteiger charge is -2.37. The van der Waals surface area contributed by atoms with Crippen LogP contribution in [0.15, 0.2) is 48.5 Å². The first-order chi connectivity index (χ1) is 16.4. The Bertz CT molecular complexity index is 1130. The highest BCUT2D eigenvalue weighted by Gasteiger charge is 2.60. The summed E-state index contributed by atoms with van der Waals surface area (Å²) in [4.78, 5) is 24.6. The number of nitriles is 1. The van der Waals surface area contributed by atoms with Gasteiger partial charge in [0.15, 0.2) is 6.10 Å². The molecule has 0 aromatic heterocycles. The van der Waals surface area contributed by atoms with Crippen molar-refractivity contribution in [3.05, 3.63) is 69.7 Å². The van der Waals surface area contributed by atoms with Crippen molar-refractivity contribution in [3.63, 3.8) is 0 Å². The second kappa shape index (κ2) is 10.5. The number of hydrogen-bond donors (Lipinski definition) is 3. The lowest BCUT2D eigenvalue weighted by molar-refractivity contribution is -0.151. The van der Waals surface area contributed by atoms with E-state index in [0.29, 0.717) is 27.6 Å². The highest BCUT2D eigenvalue weighted by atomic mass is 35.5. The number of halogens is 2. The fourth-order valence-corrected chi connectivity index (χ4v) is 5.09. The average molecular weight is 518 g/mol. The zero-order chi connectivity index (χ0) is 26.0. The lowest BCUT2D eigenvalue weighted by Crippen LogP contribution is -2.44. The van der Waals surface area contributed by atoms with Gasteiger partial charge in [0.1, 0.15) is 18.1 Å². The van der Waals surface area contributed by atoms with Crippen LogP contribution in [0.3, 0.4) is 0 Å². The summed E-state index contributed by atoms with van der Waals surface area (Å²) in [5, 5.41) is 24.9. The Hall–Kier alpha value is -2.63. The zero-order valence-electron chi connectivity index (χ0n) is 19.8. The van der Waals surface area contributed by atoms with E-state index in [9.17, 15) is 20.0 Å². The smallest absolute Gasteiger partial charge is 0.323 e. The summed E-state index contributed by atoms with van der Waals surface area (Å²) in [6.07, 6.45) is -1.07. The Balaban J connectivity index is 2.18. The lowest BCUT2D eigenvalue weighted by atomic mass is 9.63. The van der Waals surface area contributed by atoms with Crippen LogP contribution < -0.4 is 11.1 Å². The van der Waals surface area contributed by atoms with Crippen LogP contribution in [0.2, 0.25) is 10.0 Å². The van der Waals surface area contributed by atoms with E-state index >= 15 is 0 Å². The number of amides is 1. The maximum Gasteiger partial charge on any atom is 0.323 e. The number of nitrogens with zero attached hydrogens (tertiary/aromatic N) is 1. The summed E-state index contributed by atoms with van der Waals surface area (Å²) < 4.78 is 5.29. The van der Waals surface area contributed by atoms with Crippen LogP contribution in [0.5, 0.6) is 0 Å². The minimum Gasteiger partial charge on any atom is -0.461 e. The number of nitrogens with two attached hydrogens (primary N) is 1.